The molecule has 16 heavy (non-hydrogen) atoms. The Morgan fingerprint density at radius 1 is 1.25 bits per heavy atom. The van der Waals surface area contributed by atoms with Crippen molar-refractivity contribution in [2.75, 3.05) is 0 Å². The van der Waals surface area contributed by atoms with Crippen LogP contribution in [0.15, 0.2) is 24.3 Å². The summed E-state index contributed by atoms with van der Waals surface area (Å²) in [5.74, 6) is -0.765. The zero-order valence-corrected chi connectivity index (χ0v) is 9.48. The first-order chi connectivity index (χ1) is 7.73. The maximum atomic E-state index is 11.4. The first-order valence-corrected chi connectivity index (χ1v) is 6.08. The summed E-state index contributed by atoms with van der Waals surface area (Å²) >= 11 is 0. The largest absolute Gasteiger partial charge is 0.480 e. The van der Waals surface area contributed by atoms with Crippen LogP contribution in [-0.2, 0) is 4.79 Å². The average Bonchev–Trinajstić information content (AvgIpc) is 2.31. The van der Waals surface area contributed by atoms with Gasteiger partial charge in [0.25, 0.3) is 0 Å². The van der Waals surface area contributed by atoms with E-state index < -0.39 is 11.5 Å². The van der Waals surface area contributed by atoms with Crippen LogP contribution in [0.25, 0.3) is 0 Å². The second kappa shape index (κ2) is 4.83. The molecule has 1 fully saturated rings. The third-order valence-electron chi connectivity index (χ3n) is 3.52. The van der Waals surface area contributed by atoms with E-state index in [1.54, 1.807) is 6.08 Å². The number of allylic oxidation sites excluding steroid dienone is 2. The summed E-state index contributed by atoms with van der Waals surface area (Å²) in [6.07, 6.45) is 13.9. The van der Waals surface area contributed by atoms with Gasteiger partial charge in [0, 0.05) is 6.04 Å². The highest BCUT2D eigenvalue weighted by molar-refractivity contribution is 5.82. The van der Waals surface area contributed by atoms with Gasteiger partial charge in [0.05, 0.1) is 0 Å². The standard InChI is InChI=1S/C13H19NO2/c15-12(16)13(9-5-2-6-10-13)14-11-7-3-1-4-8-11/h2,5-6,9,11,14H,1,3-4,7-8,10H2,(H,15,16). The Labute approximate surface area is 96.2 Å². The molecule has 0 aliphatic heterocycles. The number of hydrogen-bond acceptors (Lipinski definition) is 2. The van der Waals surface area contributed by atoms with E-state index in [4.69, 9.17) is 0 Å². The highest BCUT2D eigenvalue weighted by atomic mass is 16.4. The Bertz CT molecular complexity index is 316. The van der Waals surface area contributed by atoms with Crippen molar-refractivity contribution in [3.05, 3.63) is 24.3 Å². The lowest BCUT2D eigenvalue weighted by Crippen LogP contribution is -2.55. The number of carboxylic acid groups (broad SMARTS) is 1. The van der Waals surface area contributed by atoms with Gasteiger partial charge in [-0.15, -0.1) is 0 Å². The third-order valence-corrected chi connectivity index (χ3v) is 3.52. The van der Waals surface area contributed by atoms with Gasteiger partial charge in [0.15, 0.2) is 0 Å². The van der Waals surface area contributed by atoms with Crippen LogP contribution in [0.3, 0.4) is 0 Å². The first-order valence-electron chi connectivity index (χ1n) is 6.08. The molecule has 0 aromatic heterocycles. The van der Waals surface area contributed by atoms with Crippen LogP contribution >= 0.6 is 0 Å². The van der Waals surface area contributed by atoms with Crippen molar-refractivity contribution in [1.29, 1.82) is 0 Å². The predicted molar refractivity (Wildman–Crippen MR) is 63.3 cm³/mol. The van der Waals surface area contributed by atoms with E-state index in [0.29, 0.717) is 12.5 Å². The van der Waals surface area contributed by atoms with Crippen molar-refractivity contribution in [2.24, 2.45) is 0 Å². The van der Waals surface area contributed by atoms with Crippen LogP contribution in [-0.4, -0.2) is 22.7 Å². The van der Waals surface area contributed by atoms with Gasteiger partial charge in [-0.1, -0.05) is 43.6 Å². The summed E-state index contributed by atoms with van der Waals surface area (Å²) in [5, 5.41) is 12.7. The minimum absolute atomic E-state index is 0.362. The lowest BCUT2D eigenvalue weighted by molar-refractivity contribution is -0.143. The molecule has 0 radical (unpaired) electrons. The minimum atomic E-state index is -0.864. The fourth-order valence-electron chi connectivity index (χ4n) is 2.56. The van der Waals surface area contributed by atoms with Gasteiger partial charge in [-0.25, -0.2) is 4.79 Å². The van der Waals surface area contributed by atoms with Crippen LogP contribution in [0.1, 0.15) is 38.5 Å². The van der Waals surface area contributed by atoms with Crippen LogP contribution in [0.2, 0.25) is 0 Å². The summed E-state index contributed by atoms with van der Waals surface area (Å²) < 4.78 is 0. The third kappa shape index (κ3) is 2.35. The molecule has 0 aromatic rings. The molecule has 0 bridgehead atoms. The second-order valence-electron chi connectivity index (χ2n) is 4.75. The van der Waals surface area contributed by atoms with Crippen molar-refractivity contribution in [1.82, 2.24) is 5.32 Å². The van der Waals surface area contributed by atoms with Gasteiger partial charge in [-0.05, 0) is 19.3 Å². The quantitative estimate of drug-likeness (QED) is 0.768. The molecule has 1 unspecified atom stereocenters. The van der Waals surface area contributed by atoms with E-state index >= 15 is 0 Å². The average molecular weight is 221 g/mol. The van der Waals surface area contributed by atoms with E-state index in [1.165, 1.54) is 19.3 Å². The number of hydrogen-bond donors (Lipinski definition) is 2. The van der Waals surface area contributed by atoms with Crippen LogP contribution < -0.4 is 5.32 Å². The summed E-state index contributed by atoms with van der Waals surface area (Å²) in [7, 11) is 0. The molecule has 0 heterocycles. The summed E-state index contributed by atoms with van der Waals surface area (Å²) in [6, 6.07) is 0.362. The molecular weight excluding hydrogens is 202 g/mol. The molecule has 2 aliphatic rings. The van der Waals surface area contributed by atoms with Crippen molar-refractivity contribution in [3.8, 4) is 0 Å². The van der Waals surface area contributed by atoms with Gasteiger partial charge in [0.2, 0.25) is 0 Å². The zero-order chi connectivity index (χ0) is 11.4. The lowest BCUT2D eigenvalue weighted by Gasteiger charge is -2.34. The molecule has 1 saturated carbocycles. The van der Waals surface area contributed by atoms with Gasteiger partial charge >= 0.3 is 5.97 Å². The molecule has 2 aliphatic carbocycles. The molecule has 1 atom stereocenters. The summed E-state index contributed by atoms with van der Waals surface area (Å²) in [6.45, 7) is 0. The van der Waals surface area contributed by atoms with Crippen molar-refractivity contribution in [2.45, 2.75) is 50.1 Å². The van der Waals surface area contributed by atoms with E-state index in [2.05, 4.69) is 5.32 Å². The maximum absolute atomic E-state index is 11.4. The van der Waals surface area contributed by atoms with Crippen molar-refractivity contribution in [3.63, 3.8) is 0 Å². The minimum Gasteiger partial charge on any atom is -0.480 e. The SMILES string of the molecule is O=C(O)C1(NC2CCCCC2)C=CC=CC1. The molecule has 2 N–H and O–H groups in total. The van der Waals surface area contributed by atoms with Gasteiger partial charge in [-0.3, -0.25) is 5.32 Å². The molecule has 0 amide bonds. The van der Waals surface area contributed by atoms with Crippen molar-refractivity contribution < 1.29 is 9.90 Å². The van der Waals surface area contributed by atoms with Crippen LogP contribution in [0.4, 0.5) is 0 Å². The molecular formula is C13H19NO2. The normalized spacial score (nSPS) is 30.5. The Kier molecular flexibility index (Phi) is 3.44. The molecule has 88 valence electrons. The van der Waals surface area contributed by atoms with E-state index in [-0.39, 0.29) is 0 Å². The molecule has 0 saturated heterocycles. The molecule has 0 aromatic carbocycles. The second-order valence-corrected chi connectivity index (χ2v) is 4.75. The smallest absolute Gasteiger partial charge is 0.328 e. The molecule has 3 nitrogen and oxygen atoms in total. The summed E-state index contributed by atoms with van der Waals surface area (Å²) in [5.41, 5.74) is -0.864. The Balaban J connectivity index is 2.05. The fourth-order valence-corrected chi connectivity index (χ4v) is 2.56. The van der Waals surface area contributed by atoms with Gasteiger partial charge in [0.1, 0.15) is 5.54 Å². The van der Waals surface area contributed by atoms with Crippen LogP contribution in [0, 0.1) is 0 Å². The predicted octanol–water partition coefficient (Wildman–Crippen LogP) is 2.25. The number of rotatable bonds is 3. The Morgan fingerprint density at radius 2 is 2.00 bits per heavy atom. The number of nitrogens with one attached hydrogen (secondary N) is 1. The fraction of sp³-hybridized carbons (Fsp3) is 0.615. The lowest BCUT2D eigenvalue weighted by atomic mass is 9.87. The maximum Gasteiger partial charge on any atom is 0.328 e. The highest BCUT2D eigenvalue weighted by Gasteiger charge is 2.37. The van der Waals surface area contributed by atoms with E-state index in [0.717, 1.165) is 12.8 Å². The highest BCUT2D eigenvalue weighted by Crippen LogP contribution is 2.24. The Morgan fingerprint density at radius 3 is 2.56 bits per heavy atom. The monoisotopic (exact) mass is 221 g/mol. The number of carbonyl (C=O) groups is 1. The number of carboxylic acids is 1. The Hall–Kier alpha value is -1.09. The topological polar surface area (TPSA) is 49.3 Å². The van der Waals surface area contributed by atoms with E-state index in [1.807, 2.05) is 18.2 Å². The molecule has 3 heteroatoms. The van der Waals surface area contributed by atoms with Gasteiger partial charge < -0.3 is 5.11 Å². The van der Waals surface area contributed by atoms with E-state index in [9.17, 15) is 9.90 Å². The molecule has 0 spiro atoms. The van der Waals surface area contributed by atoms with Gasteiger partial charge in [-0.2, -0.15) is 0 Å². The molecule has 2 rings (SSSR count). The summed E-state index contributed by atoms with van der Waals surface area (Å²) in [4.78, 5) is 11.4. The first kappa shape index (κ1) is 11.4. The number of aliphatic carboxylic acids is 1. The van der Waals surface area contributed by atoms with Crippen molar-refractivity contribution >= 4 is 5.97 Å². The van der Waals surface area contributed by atoms with Crippen LogP contribution in [0.5, 0.6) is 0 Å². The zero-order valence-electron chi connectivity index (χ0n) is 9.48.